The minimum absolute atomic E-state index is 0.379. The second kappa shape index (κ2) is 4.86. The SMILES string of the molecule is Cn1cnc2c(ncn2[C@H]2O[C@@H](CO)[C@@H](O)[C@@H]2O)c1=S. The molecule has 8 nitrogen and oxygen atoms in total. The van der Waals surface area contributed by atoms with Gasteiger partial charge in [-0.3, -0.25) is 4.57 Å². The Kier molecular flexibility index (Phi) is 3.30. The Morgan fingerprint density at radius 2 is 2.05 bits per heavy atom. The van der Waals surface area contributed by atoms with E-state index in [0.717, 1.165) is 0 Å². The zero-order valence-corrected chi connectivity index (χ0v) is 11.4. The number of rotatable bonds is 2. The maximum atomic E-state index is 10.0. The first-order valence-electron chi connectivity index (χ1n) is 6.05. The van der Waals surface area contributed by atoms with Gasteiger partial charge in [-0.25, -0.2) is 9.97 Å². The third kappa shape index (κ3) is 1.86. The summed E-state index contributed by atoms with van der Waals surface area (Å²) in [4.78, 5) is 8.39. The fourth-order valence-corrected chi connectivity index (χ4v) is 2.48. The highest BCUT2D eigenvalue weighted by atomic mass is 32.1. The lowest BCUT2D eigenvalue weighted by atomic mass is 10.1. The summed E-state index contributed by atoms with van der Waals surface area (Å²) in [7, 11) is 1.76. The quantitative estimate of drug-likeness (QED) is 0.618. The van der Waals surface area contributed by atoms with Crippen LogP contribution in [0.3, 0.4) is 0 Å². The Morgan fingerprint density at radius 3 is 2.70 bits per heavy atom. The van der Waals surface area contributed by atoms with Crippen molar-refractivity contribution < 1.29 is 20.1 Å². The number of aryl methyl sites for hydroxylation is 1. The molecule has 0 unspecified atom stereocenters. The van der Waals surface area contributed by atoms with E-state index in [1.54, 1.807) is 17.9 Å². The van der Waals surface area contributed by atoms with Crippen LogP contribution in [-0.4, -0.2) is 59.3 Å². The molecule has 4 atom stereocenters. The molecule has 0 saturated carbocycles. The number of aliphatic hydroxyl groups excluding tert-OH is 3. The second-order valence-electron chi connectivity index (χ2n) is 4.71. The van der Waals surface area contributed by atoms with Gasteiger partial charge < -0.3 is 24.6 Å². The van der Waals surface area contributed by atoms with Crippen LogP contribution in [0.25, 0.3) is 11.2 Å². The molecule has 3 heterocycles. The Hall–Kier alpha value is -1.39. The molecule has 0 amide bonds. The first kappa shape index (κ1) is 13.6. The normalized spacial score (nSPS) is 30.2. The van der Waals surface area contributed by atoms with E-state index in [9.17, 15) is 10.2 Å². The smallest absolute Gasteiger partial charge is 0.166 e. The Bertz CT molecular complexity index is 699. The number of aliphatic hydroxyl groups is 3. The van der Waals surface area contributed by atoms with Crippen molar-refractivity contribution in [3.63, 3.8) is 0 Å². The van der Waals surface area contributed by atoms with E-state index in [0.29, 0.717) is 15.8 Å². The Morgan fingerprint density at radius 1 is 1.30 bits per heavy atom. The van der Waals surface area contributed by atoms with Crippen LogP contribution in [-0.2, 0) is 11.8 Å². The zero-order chi connectivity index (χ0) is 14.4. The van der Waals surface area contributed by atoms with Gasteiger partial charge in [-0.1, -0.05) is 12.2 Å². The van der Waals surface area contributed by atoms with Crippen molar-refractivity contribution in [2.75, 3.05) is 6.61 Å². The molecular formula is C11H14N4O4S. The first-order chi connectivity index (χ1) is 9.54. The van der Waals surface area contributed by atoms with Crippen molar-refractivity contribution in [1.29, 1.82) is 0 Å². The molecule has 1 saturated heterocycles. The van der Waals surface area contributed by atoms with Crippen LogP contribution in [0.1, 0.15) is 6.23 Å². The van der Waals surface area contributed by atoms with Crippen molar-refractivity contribution in [2.45, 2.75) is 24.5 Å². The van der Waals surface area contributed by atoms with E-state index in [-0.39, 0.29) is 6.61 Å². The van der Waals surface area contributed by atoms with Crippen LogP contribution in [0.5, 0.6) is 0 Å². The summed E-state index contributed by atoms with van der Waals surface area (Å²) in [5, 5.41) is 28.9. The van der Waals surface area contributed by atoms with Crippen LogP contribution >= 0.6 is 12.2 Å². The molecule has 0 radical (unpaired) electrons. The zero-order valence-electron chi connectivity index (χ0n) is 10.6. The molecule has 1 fully saturated rings. The van der Waals surface area contributed by atoms with Gasteiger partial charge in [0.25, 0.3) is 0 Å². The van der Waals surface area contributed by atoms with E-state index in [1.807, 2.05) is 0 Å². The highest BCUT2D eigenvalue weighted by Gasteiger charge is 2.43. The molecule has 0 aromatic carbocycles. The number of hydrogen-bond acceptors (Lipinski definition) is 7. The summed E-state index contributed by atoms with van der Waals surface area (Å²) < 4.78 is 9.13. The highest BCUT2D eigenvalue weighted by molar-refractivity contribution is 7.71. The number of ether oxygens (including phenoxy) is 1. The number of fused-ring (bicyclic) bond motifs is 1. The molecule has 1 aliphatic rings. The average Bonchev–Trinajstić information content (AvgIpc) is 2.98. The lowest BCUT2D eigenvalue weighted by Crippen LogP contribution is -2.33. The van der Waals surface area contributed by atoms with E-state index in [2.05, 4.69) is 9.97 Å². The van der Waals surface area contributed by atoms with E-state index < -0.39 is 24.5 Å². The van der Waals surface area contributed by atoms with Gasteiger partial charge in [0, 0.05) is 7.05 Å². The molecule has 1 aliphatic heterocycles. The van der Waals surface area contributed by atoms with Crippen molar-refractivity contribution >= 4 is 23.4 Å². The molecule has 3 rings (SSSR count). The lowest BCUT2D eigenvalue weighted by Gasteiger charge is -2.16. The van der Waals surface area contributed by atoms with E-state index in [1.165, 1.54) is 10.9 Å². The summed E-state index contributed by atoms with van der Waals surface area (Å²) in [6, 6.07) is 0. The van der Waals surface area contributed by atoms with Gasteiger partial charge in [-0.15, -0.1) is 0 Å². The van der Waals surface area contributed by atoms with E-state index in [4.69, 9.17) is 22.1 Å². The molecule has 9 heteroatoms. The fourth-order valence-electron chi connectivity index (χ4n) is 2.29. The molecule has 108 valence electrons. The third-order valence-corrected chi connectivity index (χ3v) is 3.92. The van der Waals surface area contributed by atoms with Gasteiger partial charge in [-0.05, 0) is 0 Å². The number of imidazole rings is 1. The van der Waals surface area contributed by atoms with Gasteiger partial charge in [0.1, 0.15) is 28.5 Å². The average molecular weight is 298 g/mol. The van der Waals surface area contributed by atoms with Crippen molar-refractivity contribution in [3.8, 4) is 0 Å². The van der Waals surface area contributed by atoms with Crippen LogP contribution in [0.15, 0.2) is 12.7 Å². The van der Waals surface area contributed by atoms with E-state index >= 15 is 0 Å². The second-order valence-corrected chi connectivity index (χ2v) is 5.10. The molecule has 20 heavy (non-hydrogen) atoms. The Balaban J connectivity index is 2.08. The van der Waals surface area contributed by atoms with Crippen molar-refractivity contribution in [3.05, 3.63) is 17.3 Å². The van der Waals surface area contributed by atoms with Gasteiger partial charge in [0.2, 0.25) is 0 Å². The number of hydrogen-bond donors (Lipinski definition) is 3. The summed E-state index contributed by atoms with van der Waals surface area (Å²) >= 11 is 5.24. The maximum Gasteiger partial charge on any atom is 0.166 e. The predicted molar refractivity (Wildman–Crippen MR) is 70.3 cm³/mol. The van der Waals surface area contributed by atoms with Crippen LogP contribution in [0.4, 0.5) is 0 Å². The van der Waals surface area contributed by atoms with Crippen molar-refractivity contribution in [2.24, 2.45) is 7.05 Å². The largest absolute Gasteiger partial charge is 0.394 e. The minimum Gasteiger partial charge on any atom is -0.394 e. The fraction of sp³-hybridized carbons (Fsp3) is 0.545. The van der Waals surface area contributed by atoms with Gasteiger partial charge in [0.15, 0.2) is 11.9 Å². The molecule has 0 aliphatic carbocycles. The van der Waals surface area contributed by atoms with Gasteiger partial charge in [0.05, 0.1) is 19.3 Å². The van der Waals surface area contributed by atoms with Crippen molar-refractivity contribution in [1.82, 2.24) is 19.1 Å². The topological polar surface area (TPSA) is 106 Å². The standard InChI is InChI=1S/C11H14N4O4S/c1-14-3-13-9-6(11(14)20)12-4-15(9)10-8(18)7(17)5(2-16)19-10/h3-5,7-8,10,16-18H,2H2,1H3/t5-,7+,8-,10-/m0/s1. The summed E-state index contributed by atoms with van der Waals surface area (Å²) in [5.74, 6) is 0. The maximum absolute atomic E-state index is 10.0. The first-order valence-corrected chi connectivity index (χ1v) is 6.46. The summed E-state index contributed by atoms with van der Waals surface area (Å²) in [5.41, 5.74) is 0.977. The number of aromatic nitrogens is 4. The minimum atomic E-state index is -1.17. The molecule has 0 bridgehead atoms. The molecule has 0 spiro atoms. The predicted octanol–water partition coefficient (Wildman–Crippen LogP) is -0.889. The van der Waals surface area contributed by atoms with Crippen LogP contribution in [0, 0.1) is 4.64 Å². The van der Waals surface area contributed by atoms with Gasteiger partial charge >= 0.3 is 0 Å². The molecule has 3 N–H and O–H groups in total. The molecular weight excluding hydrogens is 284 g/mol. The molecule has 2 aromatic rings. The third-order valence-electron chi connectivity index (χ3n) is 3.44. The highest BCUT2D eigenvalue weighted by Crippen LogP contribution is 2.31. The molecule has 2 aromatic heterocycles. The Labute approximate surface area is 118 Å². The lowest BCUT2D eigenvalue weighted by molar-refractivity contribution is -0.0511. The van der Waals surface area contributed by atoms with Gasteiger partial charge in [-0.2, -0.15) is 0 Å². The summed E-state index contributed by atoms with van der Waals surface area (Å²) in [6.07, 6.45) is -1.03. The van der Waals surface area contributed by atoms with Crippen LogP contribution < -0.4 is 0 Å². The van der Waals surface area contributed by atoms with Crippen LogP contribution in [0.2, 0.25) is 0 Å². The number of nitrogens with zero attached hydrogens (tertiary/aromatic N) is 4. The summed E-state index contributed by atoms with van der Waals surface area (Å²) in [6.45, 7) is -0.379. The monoisotopic (exact) mass is 298 g/mol.